The van der Waals surface area contributed by atoms with E-state index in [1.807, 2.05) is 0 Å². The lowest BCUT2D eigenvalue weighted by Crippen LogP contribution is -1.93. The largest absolute Gasteiger partial charge is 0.478 e. The van der Waals surface area contributed by atoms with Gasteiger partial charge in [-0.2, -0.15) is 0 Å². The van der Waals surface area contributed by atoms with Gasteiger partial charge in [-0.05, 0) is 12.1 Å². The van der Waals surface area contributed by atoms with Crippen LogP contribution in [-0.4, -0.2) is 21.0 Å². The van der Waals surface area contributed by atoms with Crippen LogP contribution in [0.2, 0.25) is 5.15 Å². The standard InChI is InChI=1S/C8H5ClN2O2/c9-6-2-1-4-5(8(12)13)3-10-7(4)11-6/h1-3H,(H,10,11)(H,12,13). The van der Waals surface area contributed by atoms with E-state index in [2.05, 4.69) is 9.97 Å². The Kier molecular flexibility index (Phi) is 1.70. The fourth-order valence-electron chi connectivity index (χ4n) is 1.16. The summed E-state index contributed by atoms with van der Waals surface area (Å²) in [7, 11) is 0. The molecule has 0 saturated heterocycles. The minimum absolute atomic E-state index is 0.208. The highest BCUT2D eigenvalue weighted by Crippen LogP contribution is 2.18. The van der Waals surface area contributed by atoms with Crippen LogP contribution in [0.15, 0.2) is 18.3 Å². The zero-order valence-corrected chi connectivity index (χ0v) is 7.17. The average molecular weight is 197 g/mol. The molecule has 0 saturated carbocycles. The van der Waals surface area contributed by atoms with Crippen molar-refractivity contribution in [1.82, 2.24) is 9.97 Å². The fourth-order valence-corrected chi connectivity index (χ4v) is 1.31. The summed E-state index contributed by atoms with van der Waals surface area (Å²) in [4.78, 5) is 17.3. The average Bonchev–Trinajstić information content (AvgIpc) is 2.46. The Balaban J connectivity index is 2.76. The van der Waals surface area contributed by atoms with Gasteiger partial charge >= 0.3 is 5.97 Å². The minimum atomic E-state index is -0.977. The van der Waals surface area contributed by atoms with Crippen molar-refractivity contribution in [1.29, 1.82) is 0 Å². The number of nitrogens with one attached hydrogen (secondary N) is 1. The number of aromatic nitrogens is 2. The van der Waals surface area contributed by atoms with Crippen molar-refractivity contribution in [3.63, 3.8) is 0 Å². The van der Waals surface area contributed by atoms with Gasteiger partial charge in [-0.25, -0.2) is 9.78 Å². The number of carboxylic acids is 1. The van der Waals surface area contributed by atoms with E-state index in [9.17, 15) is 4.79 Å². The molecular formula is C8H5ClN2O2. The first kappa shape index (κ1) is 8.07. The number of nitrogens with zero attached hydrogens (tertiary/aromatic N) is 1. The third kappa shape index (κ3) is 1.25. The predicted octanol–water partition coefficient (Wildman–Crippen LogP) is 1.91. The highest BCUT2D eigenvalue weighted by Gasteiger charge is 2.10. The molecule has 2 aromatic heterocycles. The van der Waals surface area contributed by atoms with Gasteiger partial charge in [-0.3, -0.25) is 0 Å². The number of aromatic amines is 1. The molecule has 5 heteroatoms. The molecule has 0 aliphatic heterocycles. The van der Waals surface area contributed by atoms with Gasteiger partial charge in [0.2, 0.25) is 0 Å². The summed E-state index contributed by atoms with van der Waals surface area (Å²) in [5.41, 5.74) is 0.698. The minimum Gasteiger partial charge on any atom is -0.478 e. The second kappa shape index (κ2) is 2.74. The number of hydrogen-bond donors (Lipinski definition) is 2. The van der Waals surface area contributed by atoms with Gasteiger partial charge in [0.05, 0.1) is 5.56 Å². The molecule has 4 nitrogen and oxygen atoms in total. The van der Waals surface area contributed by atoms with Gasteiger partial charge in [-0.15, -0.1) is 0 Å². The van der Waals surface area contributed by atoms with Crippen LogP contribution in [0.4, 0.5) is 0 Å². The van der Waals surface area contributed by atoms with Crippen LogP contribution in [0.25, 0.3) is 11.0 Å². The molecule has 0 aromatic carbocycles. The number of halogens is 1. The number of rotatable bonds is 1. The molecule has 0 unspecified atom stereocenters. The number of aromatic carboxylic acids is 1. The van der Waals surface area contributed by atoms with Gasteiger partial charge in [0, 0.05) is 11.6 Å². The van der Waals surface area contributed by atoms with E-state index in [-0.39, 0.29) is 5.56 Å². The van der Waals surface area contributed by atoms with Gasteiger partial charge < -0.3 is 10.1 Å². The molecule has 2 N–H and O–H groups in total. The Morgan fingerprint density at radius 2 is 2.31 bits per heavy atom. The summed E-state index contributed by atoms with van der Waals surface area (Å²) in [5, 5.41) is 9.67. The van der Waals surface area contributed by atoms with Crippen LogP contribution >= 0.6 is 11.6 Å². The van der Waals surface area contributed by atoms with Crippen molar-refractivity contribution in [2.45, 2.75) is 0 Å². The summed E-state index contributed by atoms with van der Waals surface area (Å²) in [6, 6.07) is 3.19. The molecule has 0 fully saturated rings. The highest BCUT2D eigenvalue weighted by atomic mass is 35.5. The highest BCUT2D eigenvalue weighted by molar-refractivity contribution is 6.29. The lowest BCUT2D eigenvalue weighted by atomic mass is 10.2. The molecule has 0 aliphatic rings. The van der Waals surface area contributed by atoms with Crippen LogP contribution in [0.5, 0.6) is 0 Å². The van der Waals surface area contributed by atoms with Crippen molar-refractivity contribution in [2.24, 2.45) is 0 Å². The monoisotopic (exact) mass is 196 g/mol. The van der Waals surface area contributed by atoms with E-state index in [4.69, 9.17) is 16.7 Å². The van der Waals surface area contributed by atoms with E-state index >= 15 is 0 Å². The molecule has 0 spiro atoms. The molecule has 0 radical (unpaired) electrons. The lowest BCUT2D eigenvalue weighted by molar-refractivity contribution is 0.0699. The number of carboxylic acid groups (broad SMARTS) is 1. The maximum absolute atomic E-state index is 10.7. The first-order valence-corrected chi connectivity index (χ1v) is 3.93. The zero-order valence-electron chi connectivity index (χ0n) is 6.41. The Morgan fingerprint density at radius 1 is 1.54 bits per heavy atom. The molecule has 66 valence electrons. The molecule has 2 aromatic rings. The van der Waals surface area contributed by atoms with Crippen molar-refractivity contribution in [3.8, 4) is 0 Å². The van der Waals surface area contributed by atoms with Crippen molar-refractivity contribution in [2.75, 3.05) is 0 Å². The first-order valence-electron chi connectivity index (χ1n) is 3.55. The van der Waals surface area contributed by atoms with E-state index in [0.29, 0.717) is 16.2 Å². The van der Waals surface area contributed by atoms with Gasteiger partial charge in [0.25, 0.3) is 0 Å². The maximum Gasteiger partial charge on any atom is 0.337 e. The fraction of sp³-hybridized carbons (Fsp3) is 0. The summed E-state index contributed by atoms with van der Waals surface area (Å²) in [5.74, 6) is -0.977. The van der Waals surface area contributed by atoms with Crippen molar-refractivity contribution < 1.29 is 9.90 Å². The van der Waals surface area contributed by atoms with Gasteiger partial charge in [0.1, 0.15) is 10.8 Å². The predicted molar refractivity (Wildman–Crippen MR) is 48.1 cm³/mol. The van der Waals surface area contributed by atoms with Crippen LogP contribution in [-0.2, 0) is 0 Å². The second-order valence-corrected chi connectivity index (χ2v) is 2.92. The number of H-pyrrole nitrogens is 1. The molecule has 0 amide bonds. The normalized spacial score (nSPS) is 10.5. The molecule has 0 aliphatic carbocycles. The third-order valence-electron chi connectivity index (χ3n) is 1.74. The number of hydrogen-bond acceptors (Lipinski definition) is 2. The van der Waals surface area contributed by atoms with Crippen LogP contribution in [0.3, 0.4) is 0 Å². The van der Waals surface area contributed by atoms with E-state index in [1.165, 1.54) is 6.20 Å². The van der Waals surface area contributed by atoms with E-state index < -0.39 is 5.97 Å². The van der Waals surface area contributed by atoms with Crippen molar-refractivity contribution in [3.05, 3.63) is 29.0 Å². The number of fused-ring (bicyclic) bond motifs is 1. The van der Waals surface area contributed by atoms with Crippen LogP contribution in [0, 0.1) is 0 Å². The smallest absolute Gasteiger partial charge is 0.337 e. The Hall–Kier alpha value is -1.55. The molecule has 0 atom stereocenters. The molecule has 13 heavy (non-hydrogen) atoms. The Morgan fingerprint density at radius 3 is 3.00 bits per heavy atom. The molecule has 2 rings (SSSR count). The number of carbonyl (C=O) groups is 1. The quantitative estimate of drug-likeness (QED) is 0.685. The summed E-state index contributed by atoms with van der Waals surface area (Å²) < 4.78 is 0. The SMILES string of the molecule is O=C(O)c1c[nH]c2nc(Cl)ccc12. The number of pyridine rings is 1. The molecular weight excluding hydrogens is 192 g/mol. The summed E-state index contributed by atoms with van der Waals surface area (Å²) in [6.07, 6.45) is 1.40. The topological polar surface area (TPSA) is 66.0 Å². The molecule has 0 bridgehead atoms. The second-order valence-electron chi connectivity index (χ2n) is 2.54. The zero-order chi connectivity index (χ0) is 9.42. The Bertz CT molecular complexity index is 478. The Labute approximate surface area is 78.2 Å². The third-order valence-corrected chi connectivity index (χ3v) is 1.95. The van der Waals surface area contributed by atoms with Crippen LogP contribution in [0.1, 0.15) is 10.4 Å². The maximum atomic E-state index is 10.7. The summed E-state index contributed by atoms with van der Waals surface area (Å²) >= 11 is 5.63. The van der Waals surface area contributed by atoms with Gasteiger partial charge in [-0.1, -0.05) is 11.6 Å². The van der Waals surface area contributed by atoms with Gasteiger partial charge in [0.15, 0.2) is 0 Å². The van der Waals surface area contributed by atoms with Crippen molar-refractivity contribution >= 4 is 28.6 Å². The first-order chi connectivity index (χ1) is 6.18. The van der Waals surface area contributed by atoms with E-state index in [1.54, 1.807) is 12.1 Å². The van der Waals surface area contributed by atoms with E-state index in [0.717, 1.165) is 0 Å². The lowest BCUT2D eigenvalue weighted by Gasteiger charge is -1.91. The molecule has 2 heterocycles. The summed E-state index contributed by atoms with van der Waals surface area (Å²) in [6.45, 7) is 0. The van der Waals surface area contributed by atoms with Crippen LogP contribution < -0.4 is 0 Å².